The summed E-state index contributed by atoms with van der Waals surface area (Å²) in [5.74, 6) is -1.10. The third-order valence-corrected chi connectivity index (χ3v) is 3.09. The van der Waals surface area contributed by atoms with Gasteiger partial charge in [-0.2, -0.15) is 0 Å². The monoisotopic (exact) mass is 287 g/mol. The average molecular weight is 287 g/mol. The van der Waals surface area contributed by atoms with Crippen molar-refractivity contribution < 1.29 is 14.6 Å². The van der Waals surface area contributed by atoms with Crippen molar-refractivity contribution >= 4 is 5.97 Å². The second-order valence-corrected chi connectivity index (χ2v) is 5.88. The lowest BCUT2D eigenvalue weighted by Gasteiger charge is -2.19. The number of esters is 1. The van der Waals surface area contributed by atoms with Gasteiger partial charge in [0.2, 0.25) is 0 Å². The summed E-state index contributed by atoms with van der Waals surface area (Å²) < 4.78 is 4.99. The standard InChI is InChI=1S/C17H21NO3/c1-12(19)15(18-5)16(20)21-11-10-13-6-8-14(9-7-13)17(2,3)4/h6-9,19H,10-11H2,1-4H3/b15-12+. The molecule has 0 heterocycles. The Bertz CT molecular complexity index is 568. The van der Waals surface area contributed by atoms with Gasteiger partial charge in [0.25, 0.3) is 0 Å². The van der Waals surface area contributed by atoms with Gasteiger partial charge in [0.15, 0.2) is 0 Å². The molecule has 0 bridgehead atoms. The molecule has 1 aromatic rings. The maximum Gasteiger partial charge on any atom is 0.339 e. The van der Waals surface area contributed by atoms with Gasteiger partial charge in [-0.25, -0.2) is 4.85 Å². The van der Waals surface area contributed by atoms with Crippen LogP contribution in [0.5, 0.6) is 0 Å². The first-order valence-corrected chi connectivity index (χ1v) is 6.79. The van der Waals surface area contributed by atoms with Crippen molar-refractivity contribution in [3.8, 4) is 0 Å². The molecule has 0 radical (unpaired) electrons. The highest BCUT2D eigenvalue weighted by atomic mass is 16.5. The molecule has 0 spiro atoms. The molecule has 0 aliphatic heterocycles. The van der Waals surface area contributed by atoms with Crippen LogP contribution in [0.3, 0.4) is 0 Å². The molecule has 4 nitrogen and oxygen atoms in total. The predicted octanol–water partition coefficient (Wildman–Crippen LogP) is 3.78. The van der Waals surface area contributed by atoms with Gasteiger partial charge in [-0.05, 0) is 23.5 Å². The van der Waals surface area contributed by atoms with Crippen LogP contribution in [0.15, 0.2) is 35.7 Å². The zero-order valence-electron chi connectivity index (χ0n) is 12.9. The maximum absolute atomic E-state index is 11.5. The molecule has 0 amide bonds. The second-order valence-electron chi connectivity index (χ2n) is 5.88. The summed E-state index contributed by atoms with van der Waals surface area (Å²) in [6.45, 7) is 14.7. The molecule has 21 heavy (non-hydrogen) atoms. The fourth-order valence-corrected chi connectivity index (χ4v) is 1.78. The maximum atomic E-state index is 11.5. The van der Waals surface area contributed by atoms with E-state index in [0.29, 0.717) is 6.42 Å². The van der Waals surface area contributed by atoms with Crippen molar-refractivity contribution in [2.75, 3.05) is 6.61 Å². The van der Waals surface area contributed by atoms with Gasteiger partial charge in [0.1, 0.15) is 5.76 Å². The van der Waals surface area contributed by atoms with E-state index >= 15 is 0 Å². The Hall–Kier alpha value is -2.28. The van der Waals surface area contributed by atoms with Crippen LogP contribution < -0.4 is 0 Å². The van der Waals surface area contributed by atoms with Crippen LogP contribution in [-0.4, -0.2) is 17.7 Å². The minimum absolute atomic E-state index is 0.110. The molecule has 0 fully saturated rings. The molecule has 0 saturated carbocycles. The van der Waals surface area contributed by atoms with E-state index in [1.54, 1.807) is 0 Å². The zero-order valence-corrected chi connectivity index (χ0v) is 12.9. The van der Waals surface area contributed by atoms with E-state index in [1.807, 2.05) is 12.1 Å². The van der Waals surface area contributed by atoms with E-state index in [-0.39, 0.29) is 23.5 Å². The summed E-state index contributed by atoms with van der Waals surface area (Å²) in [6, 6.07) is 8.16. The fourth-order valence-electron chi connectivity index (χ4n) is 1.78. The van der Waals surface area contributed by atoms with Crippen LogP contribution in [0.25, 0.3) is 4.85 Å². The normalized spacial score (nSPS) is 12.3. The second kappa shape index (κ2) is 6.94. The first kappa shape index (κ1) is 16.8. The number of nitrogens with zero attached hydrogens (tertiary/aromatic N) is 1. The van der Waals surface area contributed by atoms with Crippen LogP contribution in [0, 0.1) is 6.57 Å². The van der Waals surface area contributed by atoms with E-state index in [2.05, 4.69) is 37.7 Å². The molecule has 0 aromatic heterocycles. The van der Waals surface area contributed by atoms with Gasteiger partial charge in [0.05, 0.1) is 13.2 Å². The van der Waals surface area contributed by atoms with E-state index in [0.717, 1.165) is 5.56 Å². The highest BCUT2D eigenvalue weighted by Gasteiger charge is 2.15. The molecule has 0 atom stereocenters. The van der Waals surface area contributed by atoms with Gasteiger partial charge in [-0.1, -0.05) is 45.0 Å². The lowest BCUT2D eigenvalue weighted by molar-refractivity contribution is -0.138. The molecule has 1 aromatic carbocycles. The molecule has 4 heteroatoms. The Morgan fingerprint density at radius 1 is 1.29 bits per heavy atom. The summed E-state index contributed by atoms with van der Waals surface area (Å²) in [5.41, 5.74) is 2.05. The molecule has 1 rings (SSSR count). The number of allylic oxidation sites excluding steroid dienone is 1. The molecule has 112 valence electrons. The van der Waals surface area contributed by atoms with E-state index in [1.165, 1.54) is 12.5 Å². The summed E-state index contributed by atoms with van der Waals surface area (Å²) in [5, 5.41) is 9.17. The first-order chi connectivity index (χ1) is 9.75. The van der Waals surface area contributed by atoms with Crippen LogP contribution in [0.1, 0.15) is 38.8 Å². The molecule has 0 unspecified atom stereocenters. The summed E-state index contributed by atoms with van der Waals surface area (Å²) in [7, 11) is 0. The largest absolute Gasteiger partial charge is 0.523 e. The van der Waals surface area contributed by atoms with Crippen molar-refractivity contribution in [3.05, 3.63) is 58.3 Å². The Labute approximate surface area is 125 Å². The molecule has 0 aliphatic carbocycles. The van der Waals surface area contributed by atoms with Crippen molar-refractivity contribution in [3.63, 3.8) is 0 Å². The number of hydrogen-bond donors (Lipinski definition) is 1. The Morgan fingerprint density at radius 2 is 1.86 bits per heavy atom. The number of hydrogen-bond acceptors (Lipinski definition) is 3. The number of carbonyl (C=O) groups excluding carboxylic acids is 1. The third kappa shape index (κ3) is 4.96. The summed E-state index contributed by atoms with van der Waals surface area (Å²) >= 11 is 0. The van der Waals surface area contributed by atoms with E-state index in [9.17, 15) is 9.90 Å². The highest BCUT2D eigenvalue weighted by Crippen LogP contribution is 2.22. The summed E-state index contributed by atoms with van der Waals surface area (Å²) in [4.78, 5) is 14.5. The third-order valence-electron chi connectivity index (χ3n) is 3.09. The van der Waals surface area contributed by atoms with E-state index < -0.39 is 5.97 Å². The van der Waals surface area contributed by atoms with Crippen molar-refractivity contribution in [1.29, 1.82) is 0 Å². The van der Waals surface area contributed by atoms with Gasteiger partial charge < -0.3 is 9.84 Å². The SMILES string of the molecule is [C-]#[N+]/C(C(=O)OCCc1ccc(C(C)(C)C)cc1)=C(\C)O. The molecule has 0 saturated heterocycles. The zero-order chi connectivity index (χ0) is 16.0. The van der Waals surface area contributed by atoms with Crippen LogP contribution in [-0.2, 0) is 21.4 Å². The van der Waals surface area contributed by atoms with Gasteiger partial charge in [0, 0.05) is 6.42 Å². The smallest absolute Gasteiger partial charge is 0.339 e. The Balaban J connectivity index is 2.56. The minimum Gasteiger partial charge on any atom is -0.523 e. The predicted molar refractivity (Wildman–Crippen MR) is 81.7 cm³/mol. The number of benzene rings is 1. The first-order valence-electron chi connectivity index (χ1n) is 6.79. The number of rotatable bonds is 4. The molecule has 1 N–H and O–H groups in total. The number of aliphatic hydroxyl groups excluding tert-OH is 1. The topological polar surface area (TPSA) is 50.9 Å². The molecular weight excluding hydrogens is 266 g/mol. The van der Waals surface area contributed by atoms with Crippen molar-refractivity contribution in [2.45, 2.75) is 39.5 Å². The number of carbonyl (C=O) groups is 1. The van der Waals surface area contributed by atoms with Crippen LogP contribution in [0.4, 0.5) is 0 Å². The lowest BCUT2D eigenvalue weighted by Crippen LogP contribution is -2.12. The number of ether oxygens (including phenoxy) is 1. The lowest BCUT2D eigenvalue weighted by atomic mass is 9.86. The molecular formula is C17H21NO3. The van der Waals surface area contributed by atoms with Gasteiger partial charge in [-0.3, -0.25) is 4.79 Å². The highest BCUT2D eigenvalue weighted by molar-refractivity contribution is 5.90. The minimum atomic E-state index is -0.781. The number of aliphatic hydroxyl groups is 1. The van der Waals surface area contributed by atoms with Crippen molar-refractivity contribution in [2.24, 2.45) is 0 Å². The van der Waals surface area contributed by atoms with Crippen LogP contribution in [0.2, 0.25) is 0 Å². The average Bonchev–Trinajstić information content (AvgIpc) is 2.38. The summed E-state index contributed by atoms with van der Waals surface area (Å²) in [6.07, 6.45) is 0.575. The van der Waals surface area contributed by atoms with E-state index in [4.69, 9.17) is 11.3 Å². The quantitative estimate of drug-likeness (QED) is 0.397. The van der Waals surface area contributed by atoms with Crippen molar-refractivity contribution in [1.82, 2.24) is 0 Å². The molecule has 0 aliphatic rings. The fraction of sp³-hybridized carbons (Fsp3) is 0.412. The van der Waals surface area contributed by atoms with Gasteiger partial charge in [-0.15, -0.1) is 0 Å². The Morgan fingerprint density at radius 3 is 2.29 bits per heavy atom. The van der Waals surface area contributed by atoms with Crippen LogP contribution >= 0.6 is 0 Å². The van der Waals surface area contributed by atoms with Gasteiger partial charge >= 0.3 is 11.7 Å². The Kier molecular flexibility index (Phi) is 5.54.